The summed E-state index contributed by atoms with van der Waals surface area (Å²) < 4.78 is 1.66. The monoisotopic (exact) mass is 312 g/mol. The minimum Gasteiger partial charge on any atom is -0.347 e. The number of rotatable bonds is 2. The van der Waals surface area contributed by atoms with Crippen molar-refractivity contribution in [2.75, 3.05) is 0 Å². The number of carbonyl (C=O) groups is 1. The lowest BCUT2D eigenvalue weighted by atomic mass is 9.67. The van der Waals surface area contributed by atoms with Gasteiger partial charge in [0.1, 0.15) is 5.69 Å². The van der Waals surface area contributed by atoms with Crippen molar-refractivity contribution in [1.82, 2.24) is 15.1 Å². The number of nitrogens with zero attached hydrogens (tertiary/aromatic N) is 2. The van der Waals surface area contributed by atoms with Gasteiger partial charge in [-0.15, -0.1) is 12.4 Å². The van der Waals surface area contributed by atoms with Crippen LogP contribution in [0.2, 0.25) is 0 Å². The van der Waals surface area contributed by atoms with E-state index in [1.807, 2.05) is 20.0 Å². The SMILES string of the molecule is Cc1cc(C(=O)NC2C3CCCC2CC(N)C3)n(C)n1.Cl. The minimum absolute atomic E-state index is 0. The van der Waals surface area contributed by atoms with Crippen LogP contribution in [-0.4, -0.2) is 27.8 Å². The summed E-state index contributed by atoms with van der Waals surface area (Å²) >= 11 is 0. The summed E-state index contributed by atoms with van der Waals surface area (Å²) in [5, 5.41) is 7.50. The number of fused-ring (bicyclic) bond motifs is 2. The fourth-order valence-electron chi connectivity index (χ4n) is 4.07. The van der Waals surface area contributed by atoms with Crippen LogP contribution in [-0.2, 0) is 7.05 Å². The molecule has 118 valence electrons. The number of hydrogen-bond donors (Lipinski definition) is 2. The van der Waals surface area contributed by atoms with Crippen LogP contribution in [0.1, 0.15) is 48.3 Å². The van der Waals surface area contributed by atoms with Crippen molar-refractivity contribution < 1.29 is 4.79 Å². The van der Waals surface area contributed by atoms with E-state index in [0.29, 0.717) is 29.6 Å². The Hall–Kier alpha value is -1.07. The number of aryl methyl sites for hydroxylation is 2. The van der Waals surface area contributed by atoms with E-state index >= 15 is 0 Å². The van der Waals surface area contributed by atoms with Crippen LogP contribution in [0.3, 0.4) is 0 Å². The number of carbonyl (C=O) groups excluding carboxylic acids is 1. The Labute approximate surface area is 132 Å². The minimum atomic E-state index is 0. The van der Waals surface area contributed by atoms with Gasteiger partial charge in [0.2, 0.25) is 0 Å². The third-order valence-electron chi connectivity index (χ3n) is 4.91. The van der Waals surface area contributed by atoms with E-state index in [9.17, 15) is 4.79 Å². The zero-order valence-electron chi connectivity index (χ0n) is 12.7. The Kier molecular flexibility index (Phi) is 4.94. The molecule has 0 aromatic carbocycles. The first-order chi connectivity index (χ1) is 9.54. The summed E-state index contributed by atoms with van der Waals surface area (Å²) in [7, 11) is 1.82. The molecule has 0 spiro atoms. The molecule has 1 heterocycles. The van der Waals surface area contributed by atoms with E-state index in [2.05, 4.69) is 10.4 Å². The summed E-state index contributed by atoms with van der Waals surface area (Å²) in [6.07, 6.45) is 5.76. The predicted octanol–water partition coefficient (Wildman–Crippen LogP) is 1.79. The molecule has 5 nitrogen and oxygen atoms in total. The normalized spacial score (nSPS) is 31.4. The summed E-state index contributed by atoms with van der Waals surface area (Å²) in [5.41, 5.74) is 7.66. The lowest BCUT2D eigenvalue weighted by molar-refractivity contribution is 0.0748. The van der Waals surface area contributed by atoms with E-state index < -0.39 is 0 Å². The van der Waals surface area contributed by atoms with Crippen molar-refractivity contribution in [1.29, 1.82) is 0 Å². The molecule has 2 bridgehead atoms. The van der Waals surface area contributed by atoms with Crippen molar-refractivity contribution in [3.63, 3.8) is 0 Å². The molecule has 2 aliphatic carbocycles. The van der Waals surface area contributed by atoms with Gasteiger partial charge >= 0.3 is 0 Å². The van der Waals surface area contributed by atoms with Crippen molar-refractivity contribution in [3.05, 3.63) is 17.5 Å². The zero-order chi connectivity index (χ0) is 14.3. The number of nitrogens with two attached hydrogens (primary N) is 1. The summed E-state index contributed by atoms with van der Waals surface area (Å²) in [5.74, 6) is 1.11. The van der Waals surface area contributed by atoms with Crippen LogP contribution in [0.25, 0.3) is 0 Å². The molecule has 2 unspecified atom stereocenters. The van der Waals surface area contributed by atoms with Crippen molar-refractivity contribution in [3.8, 4) is 0 Å². The van der Waals surface area contributed by atoms with Gasteiger partial charge in [0.25, 0.3) is 5.91 Å². The Bertz CT molecular complexity index is 502. The van der Waals surface area contributed by atoms with E-state index in [4.69, 9.17) is 5.73 Å². The lowest BCUT2D eigenvalue weighted by Crippen LogP contribution is -2.53. The van der Waals surface area contributed by atoms with E-state index in [-0.39, 0.29) is 18.3 Å². The van der Waals surface area contributed by atoms with Gasteiger partial charge < -0.3 is 11.1 Å². The van der Waals surface area contributed by atoms with Crippen LogP contribution in [0.5, 0.6) is 0 Å². The molecule has 3 N–H and O–H groups in total. The third-order valence-corrected chi connectivity index (χ3v) is 4.91. The van der Waals surface area contributed by atoms with E-state index in [1.165, 1.54) is 19.3 Å². The molecule has 1 amide bonds. The molecular formula is C15H25ClN4O. The van der Waals surface area contributed by atoms with Crippen LogP contribution in [0.15, 0.2) is 6.07 Å². The summed E-state index contributed by atoms with van der Waals surface area (Å²) in [6.45, 7) is 1.91. The highest BCUT2D eigenvalue weighted by molar-refractivity contribution is 5.92. The molecular weight excluding hydrogens is 288 g/mol. The van der Waals surface area contributed by atoms with Crippen LogP contribution in [0.4, 0.5) is 0 Å². The highest BCUT2D eigenvalue weighted by Crippen LogP contribution is 2.39. The second-order valence-corrected chi connectivity index (χ2v) is 6.48. The van der Waals surface area contributed by atoms with E-state index in [0.717, 1.165) is 18.5 Å². The van der Waals surface area contributed by atoms with Gasteiger partial charge in [0, 0.05) is 19.1 Å². The standard InChI is InChI=1S/C15H24N4O.ClH/c1-9-6-13(19(2)18-9)15(20)17-14-10-4-3-5-11(14)8-12(16)7-10;/h6,10-12,14H,3-5,7-8,16H2,1-2H3,(H,17,20);1H. The summed E-state index contributed by atoms with van der Waals surface area (Å²) in [4.78, 5) is 12.5. The molecule has 0 radical (unpaired) electrons. The molecule has 1 aromatic rings. The first-order valence-electron chi connectivity index (χ1n) is 7.61. The number of hydrogen-bond acceptors (Lipinski definition) is 3. The van der Waals surface area contributed by atoms with Gasteiger partial charge in [-0.1, -0.05) is 6.42 Å². The molecule has 21 heavy (non-hydrogen) atoms. The largest absolute Gasteiger partial charge is 0.347 e. The maximum atomic E-state index is 12.5. The van der Waals surface area contributed by atoms with Crippen molar-refractivity contribution in [2.24, 2.45) is 24.6 Å². The van der Waals surface area contributed by atoms with Crippen LogP contribution in [0, 0.1) is 18.8 Å². The molecule has 3 rings (SSSR count). The van der Waals surface area contributed by atoms with Gasteiger partial charge in [0.05, 0.1) is 5.69 Å². The van der Waals surface area contributed by atoms with Gasteiger partial charge in [-0.05, 0) is 50.5 Å². The number of nitrogens with one attached hydrogen (secondary N) is 1. The number of amides is 1. The molecule has 1 aromatic heterocycles. The Morgan fingerprint density at radius 1 is 1.38 bits per heavy atom. The topological polar surface area (TPSA) is 72.9 Å². The number of halogens is 1. The fraction of sp³-hybridized carbons (Fsp3) is 0.733. The average molecular weight is 313 g/mol. The molecule has 6 heteroatoms. The predicted molar refractivity (Wildman–Crippen MR) is 84.5 cm³/mol. The smallest absolute Gasteiger partial charge is 0.269 e. The fourth-order valence-corrected chi connectivity index (χ4v) is 4.07. The zero-order valence-corrected chi connectivity index (χ0v) is 13.5. The van der Waals surface area contributed by atoms with Gasteiger partial charge in [0.15, 0.2) is 0 Å². The molecule has 0 aliphatic heterocycles. The Morgan fingerprint density at radius 2 is 2.00 bits per heavy atom. The second kappa shape index (κ2) is 6.36. The maximum Gasteiger partial charge on any atom is 0.269 e. The second-order valence-electron chi connectivity index (χ2n) is 6.48. The van der Waals surface area contributed by atoms with E-state index in [1.54, 1.807) is 4.68 Å². The highest BCUT2D eigenvalue weighted by atomic mass is 35.5. The maximum absolute atomic E-state index is 12.5. The Balaban J connectivity index is 0.00000161. The third kappa shape index (κ3) is 3.24. The molecule has 2 saturated carbocycles. The first-order valence-corrected chi connectivity index (χ1v) is 7.61. The van der Waals surface area contributed by atoms with Crippen molar-refractivity contribution >= 4 is 18.3 Å². The molecule has 0 saturated heterocycles. The first kappa shape index (κ1) is 16.3. The van der Waals surface area contributed by atoms with Crippen LogP contribution >= 0.6 is 12.4 Å². The molecule has 2 fully saturated rings. The van der Waals surface area contributed by atoms with Crippen LogP contribution < -0.4 is 11.1 Å². The van der Waals surface area contributed by atoms with Gasteiger partial charge in [-0.2, -0.15) is 5.10 Å². The highest BCUT2D eigenvalue weighted by Gasteiger charge is 2.40. The Morgan fingerprint density at radius 3 is 2.52 bits per heavy atom. The number of aromatic nitrogens is 2. The molecule has 2 atom stereocenters. The van der Waals surface area contributed by atoms with Crippen molar-refractivity contribution in [2.45, 2.75) is 51.1 Å². The summed E-state index contributed by atoms with van der Waals surface area (Å²) in [6, 6.07) is 2.46. The lowest BCUT2D eigenvalue weighted by Gasteiger charge is -2.45. The average Bonchev–Trinajstić information content (AvgIpc) is 2.69. The van der Waals surface area contributed by atoms with Gasteiger partial charge in [-0.25, -0.2) is 0 Å². The molecule has 2 aliphatic rings. The quantitative estimate of drug-likeness (QED) is 0.874. The van der Waals surface area contributed by atoms with Gasteiger partial charge in [-0.3, -0.25) is 9.48 Å².